The maximum absolute atomic E-state index is 12.9. The molecule has 3 aromatic rings. The zero-order chi connectivity index (χ0) is 21.9. The number of benzene rings is 2. The van der Waals surface area contributed by atoms with Crippen molar-refractivity contribution in [3.63, 3.8) is 0 Å². The molecule has 0 atom stereocenters. The van der Waals surface area contributed by atoms with Crippen LogP contribution in [0.15, 0.2) is 76.2 Å². The summed E-state index contributed by atoms with van der Waals surface area (Å²) in [6.07, 6.45) is 4.06. The lowest BCUT2D eigenvalue weighted by Crippen LogP contribution is -2.48. The van der Waals surface area contributed by atoms with Crippen LogP contribution in [0.25, 0.3) is 0 Å². The molecule has 2 aromatic carbocycles. The fraction of sp³-hybridized carbons (Fsp3) is 0.261. The maximum atomic E-state index is 12.9. The third-order valence-electron chi connectivity index (χ3n) is 5.69. The quantitative estimate of drug-likeness (QED) is 0.555. The van der Waals surface area contributed by atoms with Gasteiger partial charge in [-0.05, 0) is 54.8 Å². The van der Waals surface area contributed by atoms with Crippen LogP contribution in [0, 0.1) is 0 Å². The molecule has 1 saturated carbocycles. The van der Waals surface area contributed by atoms with E-state index in [1.807, 2.05) is 18.2 Å². The molecule has 1 heterocycles. The van der Waals surface area contributed by atoms with Gasteiger partial charge < -0.3 is 14.5 Å². The number of amides is 1. The number of anilines is 1. The minimum absolute atomic E-state index is 0.0418. The van der Waals surface area contributed by atoms with E-state index in [9.17, 15) is 13.2 Å². The van der Waals surface area contributed by atoms with Crippen molar-refractivity contribution < 1.29 is 22.4 Å². The molecule has 0 aliphatic heterocycles. The van der Waals surface area contributed by atoms with Crippen molar-refractivity contribution in [2.45, 2.75) is 36.1 Å². The van der Waals surface area contributed by atoms with Crippen molar-refractivity contribution in [1.29, 1.82) is 0 Å². The highest BCUT2D eigenvalue weighted by Gasteiger charge is 2.45. The van der Waals surface area contributed by atoms with Crippen LogP contribution in [-0.2, 0) is 26.8 Å². The first-order valence-corrected chi connectivity index (χ1v) is 11.5. The molecule has 1 fully saturated rings. The standard InChI is InChI=1S/C23H24N2O5S/c1-29-19-5-2-7-21(15-19)31(27,28)25-18-10-8-17(9-11-18)23(12-4-13-23)22(26)24-16-20-6-3-14-30-20/h2-3,5-11,14-15,25H,4,12-13,16H2,1H3,(H,24,26). The number of nitrogens with one attached hydrogen (secondary N) is 2. The summed E-state index contributed by atoms with van der Waals surface area (Å²) in [5.41, 5.74) is 0.716. The van der Waals surface area contributed by atoms with E-state index < -0.39 is 15.4 Å². The predicted molar refractivity (Wildman–Crippen MR) is 116 cm³/mol. The summed E-state index contributed by atoms with van der Waals surface area (Å²) in [7, 11) is -2.27. The summed E-state index contributed by atoms with van der Waals surface area (Å²) in [4.78, 5) is 13.0. The lowest BCUT2D eigenvalue weighted by Gasteiger charge is -2.40. The molecule has 0 saturated heterocycles. The Morgan fingerprint density at radius 3 is 2.48 bits per heavy atom. The molecular formula is C23H24N2O5S. The van der Waals surface area contributed by atoms with Gasteiger partial charge in [-0.1, -0.05) is 24.6 Å². The first-order valence-electron chi connectivity index (χ1n) is 10.0. The molecule has 0 unspecified atom stereocenters. The Balaban J connectivity index is 1.48. The summed E-state index contributed by atoms with van der Waals surface area (Å²) in [5, 5.41) is 2.96. The monoisotopic (exact) mass is 440 g/mol. The molecule has 4 rings (SSSR count). The van der Waals surface area contributed by atoms with E-state index in [4.69, 9.17) is 9.15 Å². The molecule has 8 heteroatoms. The predicted octanol–water partition coefficient (Wildman–Crippen LogP) is 3.83. The maximum Gasteiger partial charge on any atom is 0.262 e. The Hall–Kier alpha value is -3.26. The number of hydrogen-bond donors (Lipinski definition) is 2. The van der Waals surface area contributed by atoms with E-state index in [0.29, 0.717) is 23.7 Å². The van der Waals surface area contributed by atoms with Gasteiger partial charge in [-0.15, -0.1) is 0 Å². The van der Waals surface area contributed by atoms with Crippen LogP contribution >= 0.6 is 0 Å². The molecule has 1 amide bonds. The number of methoxy groups -OCH3 is 1. The van der Waals surface area contributed by atoms with Crippen LogP contribution in [0.2, 0.25) is 0 Å². The molecule has 0 spiro atoms. The minimum atomic E-state index is -3.76. The van der Waals surface area contributed by atoms with E-state index in [1.165, 1.54) is 19.2 Å². The van der Waals surface area contributed by atoms with E-state index in [2.05, 4.69) is 10.0 Å². The normalized spacial score (nSPS) is 15.0. The van der Waals surface area contributed by atoms with E-state index in [-0.39, 0.29) is 10.8 Å². The van der Waals surface area contributed by atoms with Crippen LogP contribution in [0.4, 0.5) is 5.69 Å². The zero-order valence-corrected chi connectivity index (χ0v) is 17.9. The molecule has 31 heavy (non-hydrogen) atoms. The molecular weight excluding hydrogens is 416 g/mol. The number of ether oxygens (including phenoxy) is 1. The minimum Gasteiger partial charge on any atom is -0.497 e. The summed E-state index contributed by atoms with van der Waals surface area (Å²) in [5.74, 6) is 1.12. The van der Waals surface area contributed by atoms with Gasteiger partial charge in [0, 0.05) is 11.8 Å². The lowest BCUT2D eigenvalue weighted by atomic mass is 9.64. The highest BCUT2D eigenvalue weighted by atomic mass is 32.2. The number of rotatable bonds is 8. The van der Waals surface area contributed by atoms with Gasteiger partial charge in [0.15, 0.2) is 0 Å². The van der Waals surface area contributed by atoms with Gasteiger partial charge in [-0.3, -0.25) is 9.52 Å². The highest BCUT2D eigenvalue weighted by Crippen LogP contribution is 2.44. The van der Waals surface area contributed by atoms with Crippen LogP contribution < -0.4 is 14.8 Å². The molecule has 1 aliphatic carbocycles. The number of carbonyl (C=O) groups is 1. The van der Waals surface area contributed by atoms with E-state index in [1.54, 1.807) is 36.6 Å². The number of sulfonamides is 1. The Bertz CT molecular complexity index is 1150. The van der Waals surface area contributed by atoms with Crippen LogP contribution in [-0.4, -0.2) is 21.4 Å². The van der Waals surface area contributed by atoms with Gasteiger partial charge in [0.2, 0.25) is 5.91 Å². The third kappa shape index (κ3) is 4.29. The lowest BCUT2D eigenvalue weighted by molar-refractivity contribution is -0.130. The van der Waals surface area contributed by atoms with Crippen molar-refractivity contribution in [2.24, 2.45) is 0 Å². The Kier molecular flexibility index (Phi) is 5.73. The molecule has 2 N–H and O–H groups in total. The van der Waals surface area contributed by atoms with E-state index in [0.717, 1.165) is 24.8 Å². The second-order valence-corrected chi connectivity index (χ2v) is 9.24. The fourth-order valence-corrected chi connectivity index (χ4v) is 4.86. The largest absolute Gasteiger partial charge is 0.497 e. The summed E-state index contributed by atoms with van der Waals surface area (Å²) < 4.78 is 38.3. The summed E-state index contributed by atoms with van der Waals surface area (Å²) in [6, 6.07) is 16.9. The summed E-state index contributed by atoms with van der Waals surface area (Å²) in [6.45, 7) is 0.339. The molecule has 1 aromatic heterocycles. The molecule has 0 radical (unpaired) electrons. The second kappa shape index (κ2) is 8.47. The van der Waals surface area contributed by atoms with Crippen LogP contribution in [0.1, 0.15) is 30.6 Å². The SMILES string of the molecule is COc1cccc(S(=O)(=O)Nc2ccc(C3(C(=O)NCc4ccco4)CCC3)cc2)c1. The average molecular weight is 441 g/mol. The molecule has 7 nitrogen and oxygen atoms in total. The van der Waals surface area contributed by atoms with Crippen molar-refractivity contribution in [2.75, 3.05) is 11.8 Å². The molecule has 0 bridgehead atoms. The van der Waals surface area contributed by atoms with Gasteiger partial charge in [0.05, 0.1) is 30.2 Å². The zero-order valence-electron chi connectivity index (χ0n) is 17.1. The number of carbonyl (C=O) groups excluding carboxylic acids is 1. The van der Waals surface area contributed by atoms with Gasteiger partial charge in [-0.2, -0.15) is 0 Å². The van der Waals surface area contributed by atoms with Crippen LogP contribution in [0.5, 0.6) is 5.75 Å². The topological polar surface area (TPSA) is 97.6 Å². The van der Waals surface area contributed by atoms with Gasteiger partial charge >= 0.3 is 0 Å². The van der Waals surface area contributed by atoms with Gasteiger partial charge in [0.25, 0.3) is 10.0 Å². The Morgan fingerprint density at radius 2 is 1.87 bits per heavy atom. The fourth-order valence-electron chi connectivity index (χ4n) is 3.77. The van der Waals surface area contributed by atoms with E-state index >= 15 is 0 Å². The van der Waals surface area contributed by atoms with Crippen molar-refractivity contribution in [3.8, 4) is 5.75 Å². The first kappa shape index (κ1) is 21.0. The highest BCUT2D eigenvalue weighted by molar-refractivity contribution is 7.92. The Labute approximate surface area is 181 Å². The summed E-state index contributed by atoms with van der Waals surface area (Å²) >= 11 is 0. The number of hydrogen-bond acceptors (Lipinski definition) is 5. The van der Waals surface area contributed by atoms with Gasteiger partial charge in [0.1, 0.15) is 11.5 Å². The van der Waals surface area contributed by atoms with Crippen LogP contribution in [0.3, 0.4) is 0 Å². The molecule has 1 aliphatic rings. The van der Waals surface area contributed by atoms with Crippen molar-refractivity contribution >= 4 is 21.6 Å². The average Bonchev–Trinajstić information content (AvgIpc) is 3.26. The molecule has 162 valence electrons. The first-order chi connectivity index (χ1) is 14.9. The van der Waals surface area contributed by atoms with Crippen molar-refractivity contribution in [3.05, 3.63) is 78.3 Å². The van der Waals surface area contributed by atoms with Crippen molar-refractivity contribution in [1.82, 2.24) is 5.32 Å². The smallest absolute Gasteiger partial charge is 0.262 e. The second-order valence-electron chi connectivity index (χ2n) is 7.56. The third-order valence-corrected chi connectivity index (χ3v) is 7.07. The van der Waals surface area contributed by atoms with Gasteiger partial charge in [-0.25, -0.2) is 8.42 Å². The Morgan fingerprint density at radius 1 is 1.10 bits per heavy atom. The number of furan rings is 1.